The Bertz CT molecular complexity index is 524. The summed E-state index contributed by atoms with van der Waals surface area (Å²) in [5, 5.41) is 11.8. The molecule has 1 heterocycles. The number of likely N-dealkylation sites (N-methyl/N-ethyl adjacent to an activating group) is 1. The predicted octanol–water partition coefficient (Wildman–Crippen LogP) is 0.944. The van der Waals surface area contributed by atoms with Crippen LogP contribution in [0.2, 0.25) is 0 Å². The second-order valence-electron chi connectivity index (χ2n) is 4.41. The maximum absolute atomic E-state index is 11.9. The van der Waals surface area contributed by atoms with Gasteiger partial charge in [0.2, 0.25) is 5.91 Å². The van der Waals surface area contributed by atoms with Crippen LogP contribution < -0.4 is 5.32 Å². The van der Waals surface area contributed by atoms with E-state index in [0.717, 1.165) is 4.90 Å². The van der Waals surface area contributed by atoms with Crippen molar-refractivity contribution in [3.05, 3.63) is 29.8 Å². The molecule has 0 aliphatic carbocycles. The maximum atomic E-state index is 11.9. The van der Waals surface area contributed by atoms with Crippen LogP contribution in [0.25, 0.3) is 0 Å². The monoisotopic (exact) mass is 262 g/mol. The minimum atomic E-state index is -0.995. The molecular weight excluding hydrogens is 248 g/mol. The summed E-state index contributed by atoms with van der Waals surface area (Å²) >= 11 is 0. The van der Waals surface area contributed by atoms with E-state index >= 15 is 0 Å². The third kappa shape index (κ3) is 2.73. The van der Waals surface area contributed by atoms with E-state index in [4.69, 9.17) is 5.11 Å². The Balaban J connectivity index is 2.07. The van der Waals surface area contributed by atoms with E-state index in [1.165, 1.54) is 19.2 Å². The van der Waals surface area contributed by atoms with E-state index in [0.29, 0.717) is 18.5 Å². The summed E-state index contributed by atoms with van der Waals surface area (Å²) in [6.07, 6.45) is 0.774. The predicted molar refractivity (Wildman–Crippen MR) is 67.8 cm³/mol. The van der Waals surface area contributed by atoms with Crippen LogP contribution in [-0.4, -0.2) is 40.9 Å². The van der Waals surface area contributed by atoms with Gasteiger partial charge >= 0.3 is 5.97 Å². The number of amides is 2. The lowest BCUT2D eigenvalue weighted by Gasteiger charge is -2.28. The number of carboxylic acids is 1. The van der Waals surface area contributed by atoms with Crippen molar-refractivity contribution in [2.24, 2.45) is 0 Å². The number of rotatable bonds is 3. The zero-order valence-electron chi connectivity index (χ0n) is 10.4. The van der Waals surface area contributed by atoms with Crippen molar-refractivity contribution in [3.63, 3.8) is 0 Å². The molecular formula is C13H14N2O4. The number of carbonyl (C=O) groups is 3. The molecule has 1 aliphatic heterocycles. The SMILES string of the molecule is CN1C(=O)CCC(Nc2ccc(C(=O)O)cc2)C1=O. The van der Waals surface area contributed by atoms with Gasteiger partial charge in [-0.05, 0) is 30.7 Å². The molecule has 1 unspecified atom stereocenters. The van der Waals surface area contributed by atoms with E-state index in [9.17, 15) is 14.4 Å². The van der Waals surface area contributed by atoms with Crippen molar-refractivity contribution in [1.82, 2.24) is 4.90 Å². The van der Waals surface area contributed by atoms with Gasteiger partial charge in [-0.1, -0.05) is 0 Å². The average molecular weight is 262 g/mol. The third-order valence-electron chi connectivity index (χ3n) is 3.12. The summed E-state index contributed by atoms with van der Waals surface area (Å²) in [4.78, 5) is 35.0. The van der Waals surface area contributed by atoms with E-state index in [1.807, 2.05) is 0 Å². The fraction of sp³-hybridized carbons (Fsp3) is 0.308. The molecule has 1 atom stereocenters. The average Bonchev–Trinajstić information content (AvgIpc) is 2.40. The minimum Gasteiger partial charge on any atom is -0.478 e. The largest absolute Gasteiger partial charge is 0.478 e. The third-order valence-corrected chi connectivity index (χ3v) is 3.12. The summed E-state index contributed by atoms with van der Waals surface area (Å²) in [7, 11) is 1.46. The van der Waals surface area contributed by atoms with Crippen LogP contribution in [0.1, 0.15) is 23.2 Å². The highest BCUT2D eigenvalue weighted by Crippen LogP contribution is 2.17. The first kappa shape index (κ1) is 13.1. The number of imide groups is 1. The van der Waals surface area contributed by atoms with Gasteiger partial charge in [-0.15, -0.1) is 0 Å². The molecule has 0 radical (unpaired) electrons. The molecule has 2 rings (SSSR count). The summed E-state index contributed by atoms with van der Waals surface area (Å²) in [5.74, 6) is -1.44. The van der Waals surface area contributed by atoms with Crippen molar-refractivity contribution in [2.45, 2.75) is 18.9 Å². The van der Waals surface area contributed by atoms with Gasteiger partial charge in [0.15, 0.2) is 0 Å². The molecule has 2 N–H and O–H groups in total. The number of likely N-dealkylation sites (tertiary alicyclic amines) is 1. The molecule has 0 saturated carbocycles. The van der Waals surface area contributed by atoms with Crippen LogP contribution in [0, 0.1) is 0 Å². The molecule has 1 aromatic rings. The lowest BCUT2D eigenvalue weighted by Crippen LogP contribution is -2.48. The van der Waals surface area contributed by atoms with Crippen LogP contribution in [0.15, 0.2) is 24.3 Å². The molecule has 0 spiro atoms. The highest BCUT2D eigenvalue weighted by atomic mass is 16.4. The number of piperidine rings is 1. The second-order valence-corrected chi connectivity index (χ2v) is 4.41. The molecule has 6 nitrogen and oxygen atoms in total. The molecule has 2 amide bonds. The fourth-order valence-electron chi connectivity index (χ4n) is 1.96. The molecule has 6 heteroatoms. The number of carboxylic acid groups (broad SMARTS) is 1. The van der Waals surface area contributed by atoms with Crippen LogP contribution in [-0.2, 0) is 9.59 Å². The van der Waals surface area contributed by atoms with Crippen LogP contribution in [0.3, 0.4) is 0 Å². The Kier molecular flexibility index (Phi) is 3.50. The van der Waals surface area contributed by atoms with Gasteiger partial charge in [-0.25, -0.2) is 4.79 Å². The van der Waals surface area contributed by atoms with Crippen molar-refractivity contribution < 1.29 is 19.5 Å². The van der Waals surface area contributed by atoms with Crippen molar-refractivity contribution in [1.29, 1.82) is 0 Å². The van der Waals surface area contributed by atoms with Crippen LogP contribution in [0.5, 0.6) is 0 Å². The standard InChI is InChI=1S/C13H14N2O4/c1-15-11(16)7-6-10(12(15)17)14-9-4-2-8(3-5-9)13(18)19/h2-5,10,14H,6-7H2,1H3,(H,18,19). The minimum absolute atomic E-state index is 0.177. The van der Waals surface area contributed by atoms with Crippen LogP contribution >= 0.6 is 0 Å². The Labute approximate surface area is 110 Å². The molecule has 1 aromatic carbocycles. The fourth-order valence-corrected chi connectivity index (χ4v) is 1.96. The molecule has 0 aromatic heterocycles. The maximum Gasteiger partial charge on any atom is 0.335 e. The summed E-state index contributed by atoms with van der Waals surface area (Å²) in [6, 6.07) is 5.69. The zero-order valence-corrected chi connectivity index (χ0v) is 10.4. The van der Waals surface area contributed by atoms with E-state index < -0.39 is 12.0 Å². The van der Waals surface area contributed by atoms with Gasteiger partial charge in [0.25, 0.3) is 5.91 Å². The number of carbonyl (C=O) groups excluding carboxylic acids is 2. The lowest BCUT2D eigenvalue weighted by atomic mass is 10.0. The molecule has 1 aliphatic rings. The van der Waals surface area contributed by atoms with Gasteiger partial charge in [0.1, 0.15) is 6.04 Å². The molecule has 100 valence electrons. The first-order valence-corrected chi connectivity index (χ1v) is 5.89. The first-order chi connectivity index (χ1) is 8.99. The van der Waals surface area contributed by atoms with Gasteiger partial charge < -0.3 is 10.4 Å². The van der Waals surface area contributed by atoms with E-state index in [1.54, 1.807) is 12.1 Å². The molecule has 0 bridgehead atoms. The number of benzene rings is 1. The zero-order chi connectivity index (χ0) is 14.0. The Morgan fingerprint density at radius 3 is 2.53 bits per heavy atom. The van der Waals surface area contributed by atoms with Crippen molar-refractivity contribution in [3.8, 4) is 0 Å². The smallest absolute Gasteiger partial charge is 0.335 e. The van der Waals surface area contributed by atoms with E-state index in [2.05, 4.69) is 5.32 Å². The normalized spacial score (nSPS) is 19.4. The lowest BCUT2D eigenvalue weighted by molar-refractivity contribution is -0.146. The van der Waals surface area contributed by atoms with E-state index in [-0.39, 0.29) is 17.4 Å². The summed E-state index contributed by atoms with van der Waals surface area (Å²) in [6.45, 7) is 0. The second kappa shape index (κ2) is 5.09. The summed E-state index contributed by atoms with van der Waals surface area (Å²) in [5.41, 5.74) is 0.846. The number of aromatic carboxylic acids is 1. The topological polar surface area (TPSA) is 86.7 Å². The molecule has 1 fully saturated rings. The van der Waals surface area contributed by atoms with Gasteiger partial charge in [0.05, 0.1) is 5.56 Å². The van der Waals surface area contributed by atoms with Gasteiger partial charge in [-0.2, -0.15) is 0 Å². The first-order valence-electron chi connectivity index (χ1n) is 5.89. The number of nitrogens with one attached hydrogen (secondary N) is 1. The highest BCUT2D eigenvalue weighted by molar-refractivity contribution is 6.01. The van der Waals surface area contributed by atoms with Gasteiger partial charge in [0, 0.05) is 19.2 Å². The Morgan fingerprint density at radius 2 is 1.95 bits per heavy atom. The number of nitrogens with zero attached hydrogens (tertiary/aromatic N) is 1. The van der Waals surface area contributed by atoms with Gasteiger partial charge in [-0.3, -0.25) is 14.5 Å². The Hall–Kier alpha value is -2.37. The quantitative estimate of drug-likeness (QED) is 0.792. The number of anilines is 1. The molecule has 1 saturated heterocycles. The highest BCUT2D eigenvalue weighted by Gasteiger charge is 2.31. The Morgan fingerprint density at radius 1 is 1.32 bits per heavy atom. The number of hydrogen-bond acceptors (Lipinski definition) is 4. The number of hydrogen-bond donors (Lipinski definition) is 2. The van der Waals surface area contributed by atoms with Crippen LogP contribution in [0.4, 0.5) is 5.69 Å². The summed E-state index contributed by atoms with van der Waals surface area (Å²) < 4.78 is 0. The molecule has 19 heavy (non-hydrogen) atoms. The van der Waals surface area contributed by atoms with Crippen molar-refractivity contribution >= 4 is 23.5 Å². The van der Waals surface area contributed by atoms with Crippen molar-refractivity contribution in [2.75, 3.05) is 12.4 Å².